The van der Waals surface area contributed by atoms with Crippen molar-refractivity contribution in [3.63, 3.8) is 0 Å². The molecule has 0 aliphatic carbocycles. The lowest BCUT2D eigenvalue weighted by atomic mass is 10.2. The Morgan fingerprint density at radius 2 is 1.84 bits per heavy atom. The molecule has 8 nitrogen and oxygen atoms in total. The largest absolute Gasteiger partial charge is 0.495 e. The molecule has 3 aromatic rings. The number of aromatic nitrogens is 2. The Bertz CT molecular complexity index is 1290. The summed E-state index contributed by atoms with van der Waals surface area (Å²) in [4.78, 5) is 12.5. The summed E-state index contributed by atoms with van der Waals surface area (Å²) in [6.45, 7) is 5.48. The molecule has 0 aliphatic rings. The Kier molecular flexibility index (Phi) is 6.69. The number of sulfonamides is 1. The zero-order valence-corrected chi connectivity index (χ0v) is 19.4. The molecule has 0 saturated heterocycles. The van der Waals surface area contributed by atoms with Crippen LogP contribution in [0.25, 0.3) is 6.08 Å². The number of carbonyl (C=O) groups excluding carboxylic acids is 1. The lowest BCUT2D eigenvalue weighted by Crippen LogP contribution is -2.16. The van der Waals surface area contributed by atoms with Crippen LogP contribution in [0.3, 0.4) is 0 Å². The maximum atomic E-state index is 13.0. The van der Waals surface area contributed by atoms with E-state index in [1.54, 1.807) is 54.1 Å². The fourth-order valence-electron chi connectivity index (χ4n) is 3.27. The molecule has 1 aromatic heterocycles. The van der Waals surface area contributed by atoms with E-state index in [0.29, 0.717) is 22.7 Å². The highest BCUT2D eigenvalue weighted by atomic mass is 32.2. The maximum Gasteiger partial charge on any atom is 0.262 e. The number of anilines is 2. The summed E-state index contributed by atoms with van der Waals surface area (Å²) in [7, 11) is -0.600. The number of nitrogens with one attached hydrogen (secondary N) is 2. The van der Waals surface area contributed by atoms with E-state index >= 15 is 0 Å². The van der Waals surface area contributed by atoms with Crippen LogP contribution in [0.1, 0.15) is 22.5 Å². The smallest absolute Gasteiger partial charge is 0.262 e. The van der Waals surface area contributed by atoms with Crippen LogP contribution in [-0.2, 0) is 21.9 Å². The second-order valence-electron chi connectivity index (χ2n) is 7.32. The van der Waals surface area contributed by atoms with Gasteiger partial charge < -0.3 is 10.1 Å². The number of carbonyl (C=O) groups is 1. The van der Waals surface area contributed by atoms with Crippen molar-refractivity contribution in [1.29, 1.82) is 0 Å². The molecule has 0 unspecified atom stereocenters. The molecule has 2 aromatic carbocycles. The Morgan fingerprint density at radius 1 is 1.12 bits per heavy atom. The van der Waals surface area contributed by atoms with Crippen LogP contribution >= 0.6 is 0 Å². The van der Waals surface area contributed by atoms with E-state index in [-0.39, 0.29) is 10.8 Å². The zero-order valence-electron chi connectivity index (χ0n) is 18.6. The van der Waals surface area contributed by atoms with E-state index in [9.17, 15) is 13.2 Å². The normalized spacial score (nSPS) is 11.5. The lowest BCUT2D eigenvalue weighted by Gasteiger charge is -2.14. The SMILES string of the molecule is COc1ccccc1NS(=O)(=O)c1cc(NC(=O)/C=C/c2c(C)nn(C)c2C)ccc1C. The molecule has 0 saturated carbocycles. The molecule has 0 spiro atoms. The molecule has 3 rings (SSSR count). The molecule has 0 atom stereocenters. The van der Waals surface area contributed by atoms with Crippen molar-refractivity contribution in [1.82, 2.24) is 9.78 Å². The molecule has 1 heterocycles. The maximum absolute atomic E-state index is 13.0. The number of methoxy groups -OCH3 is 1. The lowest BCUT2D eigenvalue weighted by molar-refractivity contribution is -0.111. The highest BCUT2D eigenvalue weighted by molar-refractivity contribution is 7.92. The summed E-state index contributed by atoms with van der Waals surface area (Å²) >= 11 is 0. The van der Waals surface area contributed by atoms with E-state index < -0.39 is 10.0 Å². The number of benzene rings is 2. The van der Waals surface area contributed by atoms with Crippen molar-refractivity contribution in [2.45, 2.75) is 25.7 Å². The average Bonchev–Trinajstić information content (AvgIpc) is 2.99. The van der Waals surface area contributed by atoms with Gasteiger partial charge >= 0.3 is 0 Å². The fraction of sp³-hybridized carbons (Fsp3) is 0.217. The monoisotopic (exact) mass is 454 g/mol. The first kappa shape index (κ1) is 23.1. The zero-order chi connectivity index (χ0) is 23.5. The Hall–Kier alpha value is -3.59. The fourth-order valence-corrected chi connectivity index (χ4v) is 4.61. The number of rotatable bonds is 7. The Balaban J connectivity index is 1.82. The molecular formula is C23H26N4O4S. The Labute approximate surface area is 188 Å². The van der Waals surface area contributed by atoms with E-state index in [4.69, 9.17) is 4.74 Å². The van der Waals surface area contributed by atoms with Gasteiger partial charge in [-0.2, -0.15) is 5.10 Å². The molecular weight excluding hydrogens is 428 g/mol. The van der Waals surface area contributed by atoms with Crippen molar-refractivity contribution in [3.05, 3.63) is 71.1 Å². The topological polar surface area (TPSA) is 102 Å². The molecule has 9 heteroatoms. The van der Waals surface area contributed by atoms with Gasteiger partial charge in [0.05, 0.1) is 23.4 Å². The molecule has 0 aliphatic heterocycles. The van der Waals surface area contributed by atoms with Crippen molar-refractivity contribution in [2.24, 2.45) is 7.05 Å². The number of aryl methyl sites for hydroxylation is 3. The van der Waals surface area contributed by atoms with Crippen LogP contribution in [0.2, 0.25) is 0 Å². The van der Waals surface area contributed by atoms with Crippen LogP contribution in [-0.4, -0.2) is 31.2 Å². The minimum absolute atomic E-state index is 0.0594. The van der Waals surface area contributed by atoms with Gasteiger partial charge in [0.15, 0.2) is 0 Å². The highest BCUT2D eigenvalue weighted by Crippen LogP contribution is 2.28. The number of amides is 1. The van der Waals surface area contributed by atoms with Gasteiger partial charge in [-0.15, -0.1) is 0 Å². The van der Waals surface area contributed by atoms with E-state index in [2.05, 4.69) is 15.1 Å². The first-order chi connectivity index (χ1) is 15.1. The minimum Gasteiger partial charge on any atom is -0.495 e. The predicted molar refractivity (Wildman–Crippen MR) is 125 cm³/mol. The third-order valence-electron chi connectivity index (χ3n) is 5.06. The van der Waals surface area contributed by atoms with Crippen molar-refractivity contribution >= 4 is 33.4 Å². The summed E-state index contributed by atoms with van der Waals surface area (Å²) in [5.74, 6) is 0.0295. The third-order valence-corrected chi connectivity index (χ3v) is 6.57. The van der Waals surface area contributed by atoms with E-state index in [1.807, 2.05) is 20.9 Å². The second-order valence-corrected chi connectivity index (χ2v) is 8.97. The number of hydrogen-bond donors (Lipinski definition) is 2. The van der Waals surface area contributed by atoms with Crippen molar-refractivity contribution in [2.75, 3.05) is 17.1 Å². The molecule has 2 N–H and O–H groups in total. The van der Waals surface area contributed by atoms with Crippen LogP contribution in [0.15, 0.2) is 53.4 Å². The van der Waals surface area contributed by atoms with Gasteiger partial charge in [-0.3, -0.25) is 14.2 Å². The molecule has 32 heavy (non-hydrogen) atoms. The van der Waals surface area contributed by atoms with Crippen molar-refractivity contribution in [3.8, 4) is 5.75 Å². The average molecular weight is 455 g/mol. The second kappa shape index (κ2) is 9.27. The van der Waals surface area contributed by atoms with Crippen molar-refractivity contribution < 1.29 is 17.9 Å². The van der Waals surface area contributed by atoms with Gasteiger partial charge in [0.1, 0.15) is 5.75 Å². The first-order valence-electron chi connectivity index (χ1n) is 9.88. The summed E-state index contributed by atoms with van der Waals surface area (Å²) in [5, 5.41) is 7.03. The number of para-hydroxylation sites is 2. The molecule has 0 radical (unpaired) electrons. The predicted octanol–water partition coefficient (Wildman–Crippen LogP) is 3.81. The van der Waals surface area contributed by atoms with Crippen LogP contribution < -0.4 is 14.8 Å². The van der Waals surface area contributed by atoms with Gasteiger partial charge in [-0.1, -0.05) is 18.2 Å². The number of hydrogen-bond acceptors (Lipinski definition) is 5. The van der Waals surface area contributed by atoms with Gasteiger partial charge in [-0.05, 0) is 56.7 Å². The third kappa shape index (κ3) is 5.00. The highest BCUT2D eigenvalue weighted by Gasteiger charge is 2.19. The summed E-state index contributed by atoms with van der Waals surface area (Å²) in [5.41, 5.74) is 3.87. The first-order valence-corrected chi connectivity index (χ1v) is 11.4. The van der Waals surface area contributed by atoms with Crippen LogP contribution in [0.5, 0.6) is 5.75 Å². The standard InChI is InChI=1S/C23H26N4O4S/c1-15-10-11-18(24-23(28)13-12-19-16(2)25-27(4)17(19)3)14-22(15)32(29,30)26-20-8-6-7-9-21(20)31-5/h6-14,26H,1-5H3,(H,24,28)/b13-12+. The number of ether oxygens (including phenoxy) is 1. The van der Waals surface area contributed by atoms with Gasteiger partial charge in [0.25, 0.3) is 10.0 Å². The van der Waals surface area contributed by atoms with Crippen LogP contribution in [0, 0.1) is 20.8 Å². The quantitative estimate of drug-likeness (QED) is 0.529. The molecule has 0 fully saturated rings. The van der Waals surface area contributed by atoms with Gasteiger partial charge in [-0.25, -0.2) is 8.42 Å². The number of nitrogens with zero attached hydrogens (tertiary/aromatic N) is 2. The van der Waals surface area contributed by atoms with Gasteiger partial charge in [0.2, 0.25) is 5.91 Å². The van der Waals surface area contributed by atoms with Crippen LogP contribution in [0.4, 0.5) is 11.4 Å². The Morgan fingerprint density at radius 3 is 2.50 bits per heavy atom. The minimum atomic E-state index is -3.91. The summed E-state index contributed by atoms with van der Waals surface area (Å²) in [6.07, 6.45) is 3.10. The summed E-state index contributed by atoms with van der Waals surface area (Å²) < 4.78 is 35.5. The summed E-state index contributed by atoms with van der Waals surface area (Å²) in [6, 6.07) is 11.5. The molecule has 168 valence electrons. The van der Waals surface area contributed by atoms with E-state index in [1.165, 1.54) is 19.3 Å². The molecule has 1 amide bonds. The van der Waals surface area contributed by atoms with E-state index in [0.717, 1.165) is 17.0 Å². The van der Waals surface area contributed by atoms with Gasteiger partial charge in [0, 0.05) is 30.1 Å². The molecule has 0 bridgehead atoms.